The predicted molar refractivity (Wildman–Crippen MR) is 18.7 cm³/mol. The summed E-state index contributed by atoms with van der Waals surface area (Å²) in [4.78, 5) is 0. The van der Waals surface area contributed by atoms with E-state index >= 15 is 0 Å². The Morgan fingerprint density at radius 2 is 2.25 bits per heavy atom. The van der Waals surface area contributed by atoms with Crippen LogP contribution in [0.25, 0.3) is 0 Å². The molecule has 1 unspecified atom stereocenters. The van der Waals surface area contributed by atoms with Crippen LogP contribution in [0.3, 0.4) is 0 Å². The van der Waals surface area contributed by atoms with Crippen molar-refractivity contribution in [2.75, 3.05) is 0 Å². The van der Waals surface area contributed by atoms with Gasteiger partial charge in [-0.3, -0.25) is 0 Å². The monoisotopic (exact) mass is 76.0 g/mol. The lowest BCUT2D eigenvalue weighted by atomic mass is 11.3. The largest absolute Gasteiger partial charge is 0.306 e. The van der Waals surface area contributed by atoms with Crippen LogP contribution in [0.5, 0.6) is 0 Å². The van der Waals surface area contributed by atoms with E-state index in [1.807, 2.05) is 0 Å². The first-order valence-corrected chi connectivity index (χ1v) is 1.94. The molecule has 0 radical (unpaired) electrons. The average molecular weight is 76.1 g/mol. The third-order valence-corrected chi connectivity index (χ3v) is 0.762. The quantitative estimate of drug-likeness (QED) is 0.301. The van der Waals surface area contributed by atoms with Crippen molar-refractivity contribution in [2.24, 2.45) is 5.73 Å². The zero-order valence-electron chi connectivity index (χ0n) is 2.06. The van der Waals surface area contributed by atoms with Gasteiger partial charge in [0.1, 0.15) is 5.50 Å². The van der Waals surface area contributed by atoms with Crippen molar-refractivity contribution >= 4 is 11.9 Å². The van der Waals surface area contributed by atoms with Gasteiger partial charge in [-0.25, -0.2) is 4.72 Å². The van der Waals surface area contributed by atoms with E-state index in [1.54, 1.807) is 11.9 Å². The van der Waals surface area contributed by atoms with Gasteiger partial charge >= 0.3 is 0 Å². The highest BCUT2D eigenvalue weighted by Gasteiger charge is 2.12. The Balaban J connectivity index is 2.17. The zero-order valence-corrected chi connectivity index (χ0v) is 2.88. The van der Waals surface area contributed by atoms with Crippen LogP contribution in [-0.4, -0.2) is 5.50 Å². The lowest BCUT2D eigenvalue weighted by molar-refractivity contribution is 1.04. The molecule has 1 aliphatic rings. The van der Waals surface area contributed by atoms with Crippen LogP contribution in [0, 0.1) is 0 Å². The van der Waals surface area contributed by atoms with E-state index < -0.39 is 0 Å². The number of nitrogens with one attached hydrogen (secondary N) is 1. The summed E-state index contributed by atoms with van der Waals surface area (Å²) in [6.07, 6.45) is 0. The SMILES string of the molecule is NC1NS1. The summed E-state index contributed by atoms with van der Waals surface area (Å²) in [5.41, 5.74) is 5.32. The fraction of sp³-hybridized carbons (Fsp3) is 1.00. The molecule has 2 nitrogen and oxygen atoms in total. The summed E-state index contributed by atoms with van der Waals surface area (Å²) in [7, 11) is 0. The first kappa shape index (κ1) is 2.50. The van der Waals surface area contributed by atoms with Gasteiger partial charge in [-0.15, -0.1) is 0 Å². The Labute approximate surface area is 28.9 Å². The van der Waals surface area contributed by atoms with Crippen molar-refractivity contribution in [3.8, 4) is 0 Å². The minimum absolute atomic E-state index is 0.250. The van der Waals surface area contributed by atoms with E-state index in [-0.39, 0.29) is 5.50 Å². The van der Waals surface area contributed by atoms with Crippen LogP contribution in [0.2, 0.25) is 0 Å². The third-order valence-electron chi connectivity index (χ3n) is 0.254. The highest BCUT2D eigenvalue weighted by atomic mass is 32.2. The second-order valence-corrected chi connectivity index (χ2v) is 1.64. The molecule has 1 heterocycles. The van der Waals surface area contributed by atoms with E-state index in [9.17, 15) is 0 Å². The Morgan fingerprint density at radius 1 is 2.00 bits per heavy atom. The molecule has 0 bridgehead atoms. The molecule has 3 heteroatoms. The molecular formula is CH4N2S. The fourth-order valence-corrected chi connectivity index (χ4v) is 0.118. The lowest BCUT2D eigenvalue weighted by Gasteiger charge is -1.53. The van der Waals surface area contributed by atoms with Crippen molar-refractivity contribution in [1.29, 1.82) is 0 Å². The standard InChI is InChI=1S/CH4N2S/c2-1-3-4-1/h1,3H,2H2. The Hall–Kier alpha value is 0.270. The first-order valence-electron chi connectivity index (χ1n) is 1.06. The molecule has 0 aromatic heterocycles. The average Bonchev–Trinajstić information content (AvgIpc) is 1.75. The number of nitrogens with two attached hydrogens (primary N) is 1. The predicted octanol–water partition coefficient (Wildman–Crippen LogP) is -0.520. The molecule has 24 valence electrons. The highest BCUT2D eigenvalue weighted by Crippen LogP contribution is 2.12. The van der Waals surface area contributed by atoms with Gasteiger partial charge in [0.25, 0.3) is 0 Å². The second kappa shape index (κ2) is 0.607. The fourth-order valence-electron chi connectivity index (χ4n) is 0.0393. The molecule has 1 fully saturated rings. The Morgan fingerprint density at radius 3 is 2.25 bits per heavy atom. The van der Waals surface area contributed by atoms with Crippen LogP contribution in [0.1, 0.15) is 0 Å². The summed E-state index contributed by atoms with van der Waals surface area (Å²) in [6, 6.07) is 0. The molecule has 4 heavy (non-hydrogen) atoms. The van der Waals surface area contributed by atoms with E-state index in [2.05, 4.69) is 4.72 Å². The van der Waals surface area contributed by atoms with Gasteiger partial charge < -0.3 is 5.73 Å². The number of hydrogen-bond acceptors (Lipinski definition) is 3. The molecular weight excluding hydrogens is 72.1 g/mol. The minimum atomic E-state index is 0.250. The molecule has 0 aromatic rings. The minimum Gasteiger partial charge on any atom is -0.306 e. The molecule has 0 spiro atoms. The number of rotatable bonds is 0. The molecule has 1 saturated heterocycles. The zero-order chi connectivity index (χ0) is 2.99. The van der Waals surface area contributed by atoms with Gasteiger partial charge in [-0.05, 0) is 11.9 Å². The van der Waals surface area contributed by atoms with Gasteiger partial charge in [0, 0.05) is 0 Å². The van der Waals surface area contributed by atoms with Crippen LogP contribution < -0.4 is 10.5 Å². The number of hydrogen-bond donors (Lipinski definition) is 2. The van der Waals surface area contributed by atoms with E-state index in [0.29, 0.717) is 0 Å². The summed E-state index contributed by atoms with van der Waals surface area (Å²) in [5.74, 6) is 0. The molecule has 1 atom stereocenters. The summed E-state index contributed by atoms with van der Waals surface area (Å²) < 4.78 is 2.79. The maximum Gasteiger partial charge on any atom is 0.126 e. The smallest absolute Gasteiger partial charge is 0.126 e. The van der Waals surface area contributed by atoms with Crippen LogP contribution in [0.15, 0.2) is 0 Å². The second-order valence-electron chi connectivity index (χ2n) is 0.656. The molecule has 0 saturated carbocycles. The van der Waals surface area contributed by atoms with Gasteiger partial charge in [-0.2, -0.15) is 0 Å². The molecule has 0 aromatic carbocycles. The molecule has 3 N–H and O–H groups in total. The van der Waals surface area contributed by atoms with Gasteiger partial charge in [0.15, 0.2) is 0 Å². The summed E-state index contributed by atoms with van der Waals surface area (Å²) >= 11 is 1.55. The van der Waals surface area contributed by atoms with Crippen LogP contribution in [0.4, 0.5) is 0 Å². The normalized spacial score (nSPS) is 39.8. The molecule has 0 amide bonds. The topological polar surface area (TPSA) is 48.0 Å². The summed E-state index contributed by atoms with van der Waals surface area (Å²) in [5, 5.41) is 0. The molecule has 0 aliphatic carbocycles. The van der Waals surface area contributed by atoms with Gasteiger partial charge in [0.2, 0.25) is 0 Å². The van der Waals surface area contributed by atoms with Crippen molar-refractivity contribution in [2.45, 2.75) is 5.50 Å². The van der Waals surface area contributed by atoms with Crippen molar-refractivity contribution in [3.63, 3.8) is 0 Å². The van der Waals surface area contributed by atoms with Crippen molar-refractivity contribution in [3.05, 3.63) is 0 Å². The van der Waals surface area contributed by atoms with E-state index in [0.717, 1.165) is 0 Å². The maximum absolute atomic E-state index is 5.07. The van der Waals surface area contributed by atoms with Crippen LogP contribution in [-0.2, 0) is 0 Å². The highest BCUT2D eigenvalue weighted by molar-refractivity contribution is 8.04. The van der Waals surface area contributed by atoms with Crippen molar-refractivity contribution < 1.29 is 0 Å². The van der Waals surface area contributed by atoms with E-state index in [4.69, 9.17) is 5.73 Å². The van der Waals surface area contributed by atoms with Crippen LogP contribution >= 0.6 is 11.9 Å². The van der Waals surface area contributed by atoms with Gasteiger partial charge in [0.05, 0.1) is 0 Å². The van der Waals surface area contributed by atoms with Crippen molar-refractivity contribution in [1.82, 2.24) is 4.72 Å². The van der Waals surface area contributed by atoms with Gasteiger partial charge in [-0.1, -0.05) is 0 Å². The summed E-state index contributed by atoms with van der Waals surface area (Å²) in [6.45, 7) is 0. The Bertz CT molecular complexity index is 25.2. The third kappa shape index (κ3) is 0.342. The lowest BCUT2D eigenvalue weighted by Crippen LogP contribution is -2.01. The molecule has 1 rings (SSSR count). The van der Waals surface area contributed by atoms with E-state index in [1.165, 1.54) is 0 Å². The first-order chi connectivity index (χ1) is 1.89. The molecule has 1 aliphatic heterocycles. The maximum atomic E-state index is 5.07. The Kier molecular flexibility index (Phi) is 0.380.